The molecule has 0 unspecified atom stereocenters. The summed E-state index contributed by atoms with van der Waals surface area (Å²) in [7, 11) is -3.59. The Morgan fingerprint density at radius 1 is 1.38 bits per heavy atom. The molecule has 3 aromatic heterocycles. The molecule has 0 amide bonds. The van der Waals surface area contributed by atoms with Gasteiger partial charge in [0.05, 0.1) is 12.7 Å². The summed E-state index contributed by atoms with van der Waals surface area (Å²) in [5.41, 5.74) is 1.87. The molecule has 0 saturated heterocycles. The number of nitrogens with one attached hydrogen (secondary N) is 2. The van der Waals surface area contributed by atoms with Crippen LogP contribution in [0.25, 0.3) is 10.4 Å². The van der Waals surface area contributed by atoms with Crippen molar-refractivity contribution in [3.05, 3.63) is 35.9 Å². The number of aromatic amines is 1. The maximum Gasteiger partial charge on any atom is 0.250 e. The van der Waals surface area contributed by atoms with Crippen molar-refractivity contribution in [2.24, 2.45) is 0 Å². The lowest BCUT2D eigenvalue weighted by Crippen LogP contribution is -2.22. The monoisotopic (exact) mass is 325 g/mol. The van der Waals surface area contributed by atoms with Gasteiger partial charge in [-0.3, -0.25) is 5.10 Å². The van der Waals surface area contributed by atoms with Crippen molar-refractivity contribution in [3.63, 3.8) is 0 Å². The Hall–Kier alpha value is -2.04. The Bertz CT molecular complexity index is 835. The fourth-order valence-corrected chi connectivity index (χ4v) is 3.97. The van der Waals surface area contributed by atoms with Crippen molar-refractivity contribution >= 4 is 21.4 Å². The average Bonchev–Trinajstić information content (AvgIpc) is 3.18. The quantitative estimate of drug-likeness (QED) is 0.731. The highest BCUT2D eigenvalue weighted by atomic mass is 32.2. The first-order chi connectivity index (χ1) is 10.1. The van der Waals surface area contributed by atoms with E-state index in [9.17, 15) is 8.42 Å². The van der Waals surface area contributed by atoms with Gasteiger partial charge in [-0.05, 0) is 19.1 Å². The molecule has 0 bridgehead atoms. The van der Waals surface area contributed by atoms with Gasteiger partial charge in [-0.15, -0.1) is 11.3 Å². The van der Waals surface area contributed by atoms with E-state index in [0.717, 1.165) is 10.4 Å². The molecular formula is C11H11N5O3S2. The summed E-state index contributed by atoms with van der Waals surface area (Å²) in [6.07, 6.45) is 3.35. The van der Waals surface area contributed by atoms with Crippen LogP contribution in [-0.4, -0.2) is 28.9 Å². The van der Waals surface area contributed by atoms with Crippen LogP contribution in [0.2, 0.25) is 0 Å². The molecule has 0 aliphatic rings. The molecule has 0 aromatic carbocycles. The maximum absolute atomic E-state index is 12.2. The highest BCUT2D eigenvalue weighted by Crippen LogP contribution is 2.29. The Balaban J connectivity index is 1.77. The molecule has 3 aromatic rings. The molecule has 0 radical (unpaired) electrons. The van der Waals surface area contributed by atoms with Crippen LogP contribution >= 0.6 is 11.3 Å². The number of nitrogens with zero attached hydrogens (tertiary/aromatic N) is 3. The second-order valence-electron chi connectivity index (χ2n) is 4.23. The number of hydrogen-bond donors (Lipinski definition) is 2. The smallest absolute Gasteiger partial charge is 0.250 e. The number of rotatable bonds is 5. The molecule has 0 spiro atoms. The molecule has 3 rings (SSSR count). The number of aryl methyl sites for hydroxylation is 1. The Labute approximate surface area is 124 Å². The third-order valence-corrected chi connectivity index (χ3v) is 5.83. The van der Waals surface area contributed by atoms with Gasteiger partial charge < -0.3 is 0 Å². The topological polar surface area (TPSA) is 114 Å². The van der Waals surface area contributed by atoms with E-state index in [2.05, 4.69) is 29.9 Å². The minimum atomic E-state index is -3.59. The van der Waals surface area contributed by atoms with E-state index in [1.807, 2.05) is 0 Å². The van der Waals surface area contributed by atoms with Gasteiger partial charge in [0.2, 0.25) is 10.0 Å². The summed E-state index contributed by atoms with van der Waals surface area (Å²) >= 11 is 1.17. The second-order valence-corrected chi connectivity index (χ2v) is 7.30. The van der Waals surface area contributed by atoms with E-state index in [0.29, 0.717) is 11.4 Å². The van der Waals surface area contributed by atoms with E-state index in [1.165, 1.54) is 11.3 Å². The lowest BCUT2D eigenvalue weighted by atomic mass is 10.3. The minimum Gasteiger partial charge on any atom is -0.285 e. The number of aromatic nitrogens is 4. The summed E-state index contributed by atoms with van der Waals surface area (Å²) in [5.74, 6) is 0. The molecule has 2 N–H and O–H groups in total. The third kappa shape index (κ3) is 2.86. The predicted molar refractivity (Wildman–Crippen MR) is 75.0 cm³/mol. The second kappa shape index (κ2) is 5.39. The van der Waals surface area contributed by atoms with Gasteiger partial charge in [0, 0.05) is 16.6 Å². The van der Waals surface area contributed by atoms with Crippen LogP contribution in [0.4, 0.5) is 0 Å². The molecule has 0 atom stereocenters. The first-order valence-corrected chi connectivity index (χ1v) is 8.23. The molecule has 8 nitrogen and oxygen atoms in total. The molecule has 0 saturated carbocycles. The van der Waals surface area contributed by atoms with Crippen molar-refractivity contribution in [1.29, 1.82) is 0 Å². The summed E-state index contributed by atoms with van der Waals surface area (Å²) in [6.45, 7) is 1.74. The van der Waals surface area contributed by atoms with E-state index in [1.54, 1.807) is 31.5 Å². The first-order valence-electron chi connectivity index (χ1n) is 5.93. The molecule has 10 heteroatoms. The van der Waals surface area contributed by atoms with Gasteiger partial charge in [0.25, 0.3) is 0 Å². The van der Waals surface area contributed by atoms with Crippen LogP contribution in [0.1, 0.15) is 11.4 Å². The van der Waals surface area contributed by atoms with Gasteiger partial charge >= 0.3 is 0 Å². The molecule has 3 heterocycles. The van der Waals surface area contributed by atoms with Crippen molar-refractivity contribution < 1.29 is 13.0 Å². The Morgan fingerprint density at radius 2 is 2.24 bits per heavy atom. The summed E-state index contributed by atoms with van der Waals surface area (Å²) in [4.78, 5) is 0.823. The lowest BCUT2D eigenvalue weighted by Gasteiger charge is -2.02. The summed E-state index contributed by atoms with van der Waals surface area (Å²) < 4.78 is 31.7. The van der Waals surface area contributed by atoms with Crippen LogP contribution in [0.15, 0.2) is 33.4 Å². The standard InChI is InChI=1S/C11H11N5O3S2/c1-7-9(16-19-15-7)6-14-21(17,18)11-3-2-10(20-11)8-4-12-13-5-8/h2-5,14H,6H2,1H3,(H,12,13). The zero-order chi connectivity index (χ0) is 14.9. The number of hydrogen-bond acceptors (Lipinski definition) is 7. The van der Waals surface area contributed by atoms with Crippen LogP contribution < -0.4 is 4.72 Å². The lowest BCUT2D eigenvalue weighted by molar-refractivity contribution is 0.301. The SMILES string of the molecule is Cc1nonc1CNS(=O)(=O)c1ccc(-c2cn[nH]c2)s1. The Morgan fingerprint density at radius 3 is 2.90 bits per heavy atom. The number of thiophene rings is 1. The summed E-state index contributed by atoms with van der Waals surface area (Å²) in [6, 6.07) is 3.30. The van der Waals surface area contributed by atoms with E-state index in [4.69, 9.17) is 0 Å². The van der Waals surface area contributed by atoms with Crippen molar-refractivity contribution in [2.45, 2.75) is 17.7 Å². The zero-order valence-electron chi connectivity index (χ0n) is 10.9. The largest absolute Gasteiger partial charge is 0.285 e. The van der Waals surface area contributed by atoms with Crippen molar-refractivity contribution in [1.82, 2.24) is 25.2 Å². The Kier molecular flexibility index (Phi) is 3.57. The van der Waals surface area contributed by atoms with Gasteiger partial charge in [0.15, 0.2) is 0 Å². The molecule has 0 fully saturated rings. The summed E-state index contributed by atoms with van der Waals surface area (Å²) in [5, 5.41) is 13.8. The van der Waals surface area contributed by atoms with Crippen LogP contribution in [0.3, 0.4) is 0 Å². The predicted octanol–water partition coefficient (Wildman–Crippen LogP) is 1.31. The first kappa shape index (κ1) is 13.9. The highest BCUT2D eigenvalue weighted by molar-refractivity contribution is 7.91. The molecular weight excluding hydrogens is 314 g/mol. The van der Waals surface area contributed by atoms with Gasteiger partial charge in [0.1, 0.15) is 15.6 Å². The van der Waals surface area contributed by atoms with Crippen molar-refractivity contribution in [2.75, 3.05) is 0 Å². The van der Waals surface area contributed by atoms with Gasteiger partial charge in [-0.25, -0.2) is 17.8 Å². The van der Waals surface area contributed by atoms with Crippen LogP contribution in [0, 0.1) is 6.92 Å². The van der Waals surface area contributed by atoms with E-state index < -0.39 is 10.0 Å². The van der Waals surface area contributed by atoms with E-state index in [-0.39, 0.29) is 10.8 Å². The normalized spacial score (nSPS) is 11.9. The third-order valence-electron chi connectivity index (χ3n) is 2.80. The fraction of sp³-hybridized carbons (Fsp3) is 0.182. The fourth-order valence-electron chi connectivity index (χ4n) is 1.65. The molecule has 0 aliphatic heterocycles. The molecule has 21 heavy (non-hydrogen) atoms. The molecule has 110 valence electrons. The highest BCUT2D eigenvalue weighted by Gasteiger charge is 2.18. The number of sulfonamides is 1. The van der Waals surface area contributed by atoms with Gasteiger partial charge in [-0.2, -0.15) is 5.10 Å². The maximum atomic E-state index is 12.2. The van der Waals surface area contributed by atoms with Gasteiger partial charge in [-0.1, -0.05) is 10.3 Å². The molecule has 0 aliphatic carbocycles. The minimum absolute atomic E-state index is 0.0383. The van der Waals surface area contributed by atoms with Crippen LogP contribution in [-0.2, 0) is 16.6 Å². The van der Waals surface area contributed by atoms with Crippen molar-refractivity contribution in [3.8, 4) is 10.4 Å². The zero-order valence-corrected chi connectivity index (χ0v) is 12.5. The van der Waals surface area contributed by atoms with Crippen LogP contribution in [0.5, 0.6) is 0 Å². The average molecular weight is 325 g/mol. The number of H-pyrrole nitrogens is 1. The van der Waals surface area contributed by atoms with E-state index >= 15 is 0 Å².